The predicted octanol–water partition coefficient (Wildman–Crippen LogP) is 3.69. The topological polar surface area (TPSA) is 51.2 Å². The number of hydrogen-bond acceptors (Lipinski definition) is 3. The van der Waals surface area contributed by atoms with Crippen LogP contribution in [0, 0.1) is 5.95 Å². The molecule has 18 heavy (non-hydrogen) atoms. The summed E-state index contributed by atoms with van der Waals surface area (Å²) >= 11 is 0. The molecule has 0 fully saturated rings. The number of hydrogen-bond donors (Lipinski definition) is 1. The molecule has 0 saturated carbocycles. The highest BCUT2D eigenvalue weighted by Gasteiger charge is 2.20. The van der Waals surface area contributed by atoms with E-state index in [2.05, 4.69) is 10.3 Å². The highest BCUT2D eigenvalue weighted by atomic mass is 19.1. The normalized spacial score (nSPS) is 11.5. The van der Waals surface area contributed by atoms with Gasteiger partial charge in [-0.25, -0.2) is 9.78 Å². The second-order valence-electron chi connectivity index (χ2n) is 5.35. The lowest BCUT2D eigenvalue weighted by atomic mass is 10.0. The molecule has 0 aliphatic carbocycles. The first-order valence-corrected chi connectivity index (χ1v) is 5.85. The third kappa shape index (κ3) is 3.98. The Morgan fingerprint density at radius 1 is 1.44 bits per heavy atom. The minimum atomic E-state index is -0.702. The van der Waals surface area contributed by atoms with Gasteiger partial charge in [-0.2, -0.15) is 4.39 Å². The van der Waals surface area contributed by atoms with E-state index in [1.807, 2.05) is 13.8 Å². The molecule has 0 aliphatic rings. The first-order valence-electron chi connectivity index (χ1n) is 5.85. The van der Waals surface area contributed by atoms with E-state index < -0.39 is 17.6 Å². The Kier molecular flexibility index (Phi) is 4.27. The molecule has 0 saturated heterocycles. The Balaban J connectivity index is 2.93. The highest BCUT2D eigenvalue weighted by molar-refractivity contribution is 5.86. The molecule has 1 amide bonds. The monoisotopic (exact) mass is 254 g/mol. The summed E-state index contributed by atoms with van der Waals surface area (Å²) in [5.74, 6) is -0.625. The molecule has 1 heterocycles. The summed E-state index contributed by atoms with van der Waals surface area (Å²) < 4.78 is 18.7. The second-order valence-corrected chi connectivity index (χ2v) is 5.35. The number of nitrogens with one attached hydrogen (secondary N) is 1. The van der Waals surface area contributed by atoms with Crippen LogP contribution in [0.1, 0.15) is 46.1 Å². The van der Waals surface area contributed by atoms with Crippen LogP contribution in [0.2, 0.25) is 0 Å². The highest BCUT2D eigenvalue weighted by Crippen LogP contribution is 2.26. The minimum Gasteiger partial charge on any atom is -0.444 e. The molecule has 1 aromatic rings. The number of carbonyl (C=O) groups is 1. The SMILES string of the molecule is CC(C)c1ccnc(F)c1NC(=O)OC(C)(C)C. The molecule has 100 valence electrons. The largest absolute Gasteiger partial charge is 0.444 e. The molecular weight excluding hydrogens is 235 g/mol. The van der Waals surface area contributed by atoms with Gasteiger partial charge in [0.1, 0.15) is 11.3 Å². The Bertz CT molecular complexity index is 439. The number of halogens is 1. The first-order chi connectivity index (χ1) is 8.20. The van der Waals surface area contributed by atoms with Crippen LogP contribution in [0.3, 0.4) is 0 Å². The lowest BCUT2D eigenvalue weighted by Gasteiger charge is -2.21. The number of pyridine rings is 1. The maximum atomic E-state index is 13.6. The number of ether oxygens (including phenoxy) is 1. The maximum Gasteiger partial charge on any atom is 0.412 e. The molecule has 0 atom stereocenters. The fourth-order valence-electron chi connectivity index (χ4n) is 1.46. The van der Waals surface area contributed by atoms with E-state index in [4.69, 9.17) is 4.74 Å². The number of amides is 1. The predicted molar refractivity (Wildman–Crippen MR) is 68.1 cm³/mol. The average Bonchev–Trinajstić information content (AvgIpc) is 2.17. The fourth-order valence-corrected chi connectivity index (χ4v) is 1.46. The fraction of sp³-hybridized carbons (Fsp3) is 0.538. The summed E-state index contributed by atoms with van der Waals surface area (Å²) in [7, 11) is 0. The van der Waals surface area contributed by atoms with Crippen LogP contribution in [0.15, 0.2) is 12.3 Å². The Morgan fingerprint density at radius 2 is 2.06 bits per heavy atom. The molecule has 0 aromatic carbocycles. The zero-order chi connectivity index (χ0) is 13.9. The van der Waals surface area contributed by atoms with E-state index in [-0.39, 0.29) is 11.6 Å². The van der Waals surface area contributed by atoms with Crippen LogP contribution in [0.25, 0.3) is 0 Å². The molecule has 0 aliphatic heterocycles. The van der Waals surface area contributed by atoms with Crippen molar-refractivity contribution in [3.05, 3.63) is 23.8 Å². The Morgan fingerprint density at radius 3 is 2.56 bits per heavy atom. The average molecular weight is 254 g/mol. The molecule has 1 N–H and O–H groups in total. The van der Waals surface area contributed by atoms with Crippen molar-refractivity contribution in [1.82, 2.24) is 4.98 Å². The van der Waals surface area contributed by atoms with E-state index in [1.54, 1.807) is 26.8 Å². The van der Waals surface area contributed by atoms with E-state index in [9.17, 15) is 9.18 Å². The van der Waals surface area contributed by atoms with Gasteiger partial charge in [-0.05, 0) is 38.3 Å². The van der Waals surface area contributed by atoms with Crippen molar-refractivity contribution in [2.45, 2.75) is 46.1 Å². The number of nitrogens with zero attached hydrogens (tertiary/aromatic N) is 1. The smallest absolute Gasteiger partial charge is 0.412 e. The third-order valence-electron chi connectivity index (χ3n) is 2.18. The van der Waals surface area contributed by atoms with Crippen molar-refractivity contribution in [2.75, 3.05) is 5.32 Å². The van der Waals surface area contributed by atoms with Crippen molar-refractivity contribution >= 4 is 11.8 Å². The second kappa shape index (κ2) is 5.33. The quantitative estimate of drug-likeness (QED) is 0.819. The molecule has 0 radical (unpaired) electrons. The van der Waals surface area contributed by atoms with Gasteiger partial charge in [0.2, 0.25) is 5.95 Å². The lowest BCUT2D eigenvalue weighted by Crippen LogP contribution is -2.28. The molecule has 1 aromatic heterocycles. The summed E-state index contributed by atoms with van der Waals surface area (Å²) in [5, 5.41) is 2.42. The van der Waals surface area contributed by atoms with E-state index >= 15 is 0 Å². The molecule has 0 unspecified atom stereocenters. The molecule has 4 nitrogen and oxygen atoms in total. The molecule has 0 spiro atoms. The number of carbonyl (C=O) groups excluding carboxylic acids is 1. The van der Waals surface area contributed by atoms with Crippen molar-refractivity contribution in [3.8, 4) is 0 Å². The molecule has 0 bridgehead atoms. The standard InChI is InChI=1S/C13H19FN2O2/c1-8(2)9-6-7-15-11(14)10(9)16-12(17)18-13(3,4)5/h6-8H,1-5H3,(H,16,17). The van der Waals surface area contributed by atoms with Gasteiger partial charge in [-0.15, -0.1) is 0 Å². The summed E-state index contributed by atoms with van der Waals surface area (Å²) in [6.45, 7) is 9.06. The van der Waals surface area contributed by atoms with Gasteiger partial charge < -0.3 is 4.74 Å². The van der Waals surface area contributed by atoms with E-state index in [0.717, 1.165) is 0 Å². The minimum absolute atomic E-state index is 0.0763. The van der Waals surface area contributed by atoms with Gasteiger partial charge in [0.25, 0.3) is 0 Å². The van der Waals surface area contributed by atoms with Gasteiger partial charge in [0.05, 0.1) is 0 Å². The van der Waals surface area contributed by atoms with Crippen LogP contribution in [-0.2, 0) is 4.74 Å². The van der Waals surface area contributed by atoms with Gasteiger partial charge >= 0.3 is 6.09 Å². The summed E-state index contributed by atoms with van der Waals surface area (Å²) in [4.78, 5) is 15.2. The van der Waals surface area contributed by atoms with Gasteiger partial charge in [0.15, 0.2) is 0 Å². The van der Waals surface area contributed by atoms with Crippen LogP contribution < -0.4 is 5.32 Å². The van der Waals surface area contributed by atoms with Crippen LogP contribution in [0.4, 0.5) is 14.9 Å². The van der Waals surface area contributed by atoms with Gasteiger partial charge in [0, 0.05) is 6.20 Å². The first kappa shape index (κ1) is 14.4. The maximum absolute atomic E-state index is 13.6. The van der Waals surface area contributed by atoms with E-state index in [1.165, 1.54) is 6.20 Å². The van der Waals surface area contributed by atoms with Crippen LogP contribution >= 0.6 is 0 Å². The van der Waals surface area contributed by atoms with Crippen molar-refractivity contribution in [1.29, 1.82) is 0 Å². The number of aromatic nitrogens is 1. The number of anilines is 1. The zero-order valence-electron chi connectivity index (χ0n) is 11.4. The van der Waals surface area contributed by atoms with Gasteiger partial charge in [-0.3, -0.25) is 5.32 Å². The van der Waals surface area contributed by atoms with Gasteiger partial charge in [-0.1, -0.05) is 13.8 Å². The molecule has 5 heteroatoms. The summed E-state index contributed by atoms with van der Waals surface area (Å²) in [6, 6.07) is 1.68. The molecule has 1 rings (SSSR count). The zero-order valence-corrected chi connectivity index (χ0v) is 11.4. The van der Waals surface area contributed by atoms with Crippen LogP contribution in [-0.4, -0.2) is 16.7 Å². The Hall–Kier alpha value is -1.65. The van der Waals surface area contributed by atoms with E-state index in [0.29, 0.717) is 5.56 Å². The van der Waals surface area contributed by atoms with Crippen molar-refractivity contribution in [3.63, 3.8) is 0 Å². The number of rotatable bonds is 2. The Labute approximate surface area is 107 Å². The lowest BCUT2D eigenvalue weighted by molar-refractivity contribution is 0.0635. The van der Waals surface area contributed by atoms with Crippen LogP contribution in [0.5, 0.6) is 0 Å². The molecular formula is C13H19FN2O2. The van der Waals surface area contributed by atoms with Crippen molar-refractivity contribution < 1.29 is 13.9 Å². The summed E-state index contributed by atoms with van der Waals surface area (Å²) in [6.07, 6.45) is 0.696. The third-order valence-corrected chi connectivity index (χ3v) is 2.18. The summed E-state index contributed by atoms with van der Waals surface area (Å²) in [5.41, 5.74) is 0.149. The van der Waals surface area contributed by atoms with Crippen molar-refractivity contribution in [2.24, 2.45) is 0 Å².